The number of carbonyl (C=O) groups excluding carboxylic acids is 1. The van der Waals surface area contributed by atoms with Crippen molar-refractivity contribution >= 4 is 17.7 Å². The number of benzene rings is 1. The average molecular weight is 328 g/mol. The third-order valence-corrected chi connectivity index (χ3v) is 5.07. The summed E-state index contributed by atoms with van der Waals surface area (Å²) < 4.78 is 5.49. The van der Waals surface area contributed by atoms with Gasteiger partial charge in [-0.1, -0.05) is 23.8 Å². The molecule has 0 aliphatic carbocycles. The molecule has 2 heterocycles. The lowest BCUT2D eigenvalue weighted by Crippen LogP contribution is -2.32. The molecule has 5 heteroatoms. The van der Waals surface area contributed by atoms with Crippen molar-refractivity contribution in [2.24, 2.45) is 0 Å². The molecular formula is C18H20N2O2S. The molecule has 120 valence electrons. The van der Waals surface area contributed by atoms with Crippen LogP contribution < -0.4 is 10.1 Å². The van der Waals surface area contributed by atoms with Gasteiger partial charge in [0.1, 0.15) is 0 Å². The molecule has 1 aromatic carbocycles. The van der Waals surface area contributed by atoms with E-state index in [1.165, 1.54) is 16.0 Å². The van der Waals surface area contributed by atoms with Crippen LogP contribution in [0.3, 0.4) is 0 Å². The Labute approximate surface area is 140 Å². The van der Waals surface area contributed by atoms with E-state index in [0.29, 0.717) is 19.0 Å². The first-order chi connectivity index (χ1) is 11.2. The van der Waals surface area contributed by atoms with E-state index in [0.717, 1.165) is 12.0 Å². The smallest absolute Gasteiger partial charge is 0.234 e. The van der Waals surface area contributed by atoms with Crippen LogP contribution in [0.5, 0.6) is 5.88 Å². The number of aromatic nitrogens is 1. The molecule has 1 aromatic heterocycles. The minimum atomic E-state index is -0.0565. The summed E-state index contributed by atoms with van der Waals surface area (Å²) in [5.41, 5.74) is 3.39. The second kappa shape index (κ2) is 7.04. The quantitative estimate of drug-likeness (QED) is 0.916. The Hall–Kier alpha value is -2.01. The van der Waals surface area contributed by atoms with E-state index >= 15 is 0 Å². The van der Waals surface area contributed by atoms with Gasteiger partial charge < -0.3 is 10.1 Å². The first kappa shape index (κ1) is 15.9. The zero-order valence-corrected chi connectivity index (χ0v) is 14.2. The van der Waals surface area contributed by atoms with Crippen LogP contribution in [0.4, 0.5) is 0 Å². The third kappa shape index (κ3) is 3.67. The number of rotatable bonds is 5. The summed E-state index contributed by atoms with van der Waals surface area (Å²) in [6, 6.07) is 10.2. The van der Waals surface area contributed by atoms with Gasteiger partial charge in [-0.25, -0.2) is 4.98 Å². The van der Waals surface area contributed by atoms with Gasteiger partial charge in [0.05, 0.1) is 11.9 Å². The number of thioether (sulfide) groups is 1. The molecular weight excluding hydrogens is 308 g/mol. The van der Waals surface area contributed by atoms with Crippen LogP contribution in [-0.2, 0) is 17.8 Å². The van der Waals surface area contributed by atoms with E-state index in [1.807, 2.05) is 19.1 Å². The molecule has 1 aliphatic heterocycles. The summed E-state index contributed by atoms with van der Waals surface area (Å²) in [5.74, 6) is 0.656. The fraction of sp³-hybridized carbons (Fsp3) is 0.333. The van der Waals surface area contributed by atoms with Crippen LogP contribution in [0.2, 0.25) is 0 Å². The van der Waals surface area contributed by atoms with Gasteiger partial charge in [0, 0.05) is 23.2 Å². The van der Waals surface area contributed by atoms with Crippen LogP contribution in [0.25, 0.3) is 0 Å². The number of fused-ring (bicyclic) bond motifs is 1. The van der Waals surface area contributed by atoms with Gasteiger partial charge in [-0.05, 0) is 38.0 Å². The van der Waals surface area contributed by atoms with Gasteiger partial charge in [-0.2, -0.15) is 0 Å². The molecule has 1 aliphatic rings. The number of hydrogen-bond acceptors (Lipinski definition) is 4. The van der Waals surface area contributed by atoms with E-state index in [4.69, 9.17) is 4.74 Å². The number of carbonyl (C=O) groups is 1. The fourth-order valence-corrected chi connectivity index (χ4v) is 3.92. The van der Waals surface area contributed by atoms with Crippen molar-refractivity contribution in [2.75, 3.05) is 6.61 Å². The number of nitrogens with one attached hydrogen (secondary N) is 1. The molecule has 0 radical (unpaired) electrons. The molecule has 1 atom stereocenters. The highest BCUT2D eigenvalue weighted by atomic mass is 32.2. The van der Waals surface area contributed by atoms with E-state index < -0.39 is 0 Å². The maximum absolute atomic E-state index is 12.4. The number of aryl methyl sites for hydroxylation is 1. The first-order valence-electron chi connectivity index (χ1n) is 7.78. The number of amides is 1. The lowest BCUT2D eigenvalue weighted by atomic mass is 10.1. The molecule has 1 amide bonds. The van der Waals surface area contributed by atoms with Gasteiger partial charge in [0.25, 0.3) is 0 Å². The standard InChI is InChI=1S/C18H20N2O2S/c1-3-22-18-14(5-4-8-19-18)11-20-17(21)16-10-13-7-6-12(2)9-15(13)23-16/h4-9,16H,3,10-11H2,1-2H3,(H,20,21). The van der Waals surface area contributed by atoms with Crippen LogP contribution in [0.1, 0.15) is 23.6 Å². The fourth-order valence-electron chi connectivity index (χ4n) is 2.60. The van der Waals surface area contributed by atoms with Crippen LogP contribution >= 0.6 is 11.8 Å². The van der Waals surface area contributed by atoms with Gasteiger partial charge in [-0.3, -0.25) is 4.79 Å². The van der Waals surface area contributed by atoms with Gasteiger partial charge in [0.15, 0.2) is 0 Å². The molecule has 4 nitrogen and oxygen atoms in total. The van der Waals surface area contributed by atoms with Crippen LogP contribution in [0, 0.1) is 6.92 Å². The topological polar surface area (TPSA) is 51.2 Å². The summed E-state index contributed by atoms with van der Waals surface area (Å²) in [5, 5.41) is 2.95. The Morgan fingerprint density at radius 1 is 1.43 bits per heavy atom. The molecule has 0 bridgehead atoms. The van der Waals surface area contributed by atoms with E-state index in [2.05, 4.69) is 35.4 Å². The molecule has 23 heavy (non-hydrogen) atoms. The number of pyridine rings is 1. The molecule has 0 saturated heterocycles. The Bertz CT molecular complexity index is 718. The van der Waals surface area contributed by atoms with Gasteiger partial charge >= 0.3 is 0 Å². The summed E-state index contributed by atoms with van der Waals surface area (Å²) in [7, 11) is 0. The lowest BCUT2D eigenvalue weighted by molar-refractivity contribution is -0.120. The Morgan fingerprint density at radius 2 is 2.30 bits per heavy atom. The SMILES string of the molecule is CCOc1ncccc1CNC(=O)C1Cc2ccc(C)cc2S1. The maximum Gasteiger partial charge on any atom is 0.234 e. The van der Waals surface area contributed by atoms with Gasteiger partial charge in [0.2, 0.25) is 11.8 Å². The molecule has 1 N–H and O–H groups in total. The largest absolute Gasteiger partial charge is 0.478 e. The zero-order chi connectivity index (χ0) is 16.2. The monoisotopic (exact) mass is 328 g/mol. The van der Waals surface area contributed by atoms with Gasteiger partial charge in [-0.15, -0.1) is 11.8 Å². The highest BCUT2D eigenvalue weighted by Gasteiger charge is 2.28. The number of ether oxygens (including phenoxy) is 1. The minimum absolute atomic E-state index is 0.0565. The Kier molecular flexibility index (Phi) is 4.86. The number of nitrogens with zero attached hydrogens (tertiary/aromatic N) is 1. The second-order valence-corrected chi connectivity index (χ2v) is 6.78. The predicted octanol–water partition coefficient (Wildman–Crippen LogP) is 3.12. The Morgan fingerprint density at radius 3 is 3.13 bits per heavy atom. The average Bonchev–Trinajstić information content (AvgIpc) is 2.97. The van der Waals surface area contributed by atoms with Crippen molar-refractivity contribution in [3.8, 4) is 5.88 Å². The summed E-state index contributed by atoms with van der Waals surface area (Å²) in [6.45, 7) is 5.00. The molecule has 0 saturated carbocycles. The van der Waals surface area contributed by atoms with E-state index in [9.17, 15) is 4.79 Å². The van der Waals surface area contributed by atoms with Crippen LogP contribution in [-0.4, -0.2) is 22.7 Å². The summed E-state index contributed by atoms with van der Waals surface area (Å²) >= 11 is 1.65. The van der Waals surface area contributed by atoms with Crippen LogP contribution in [0.15, 0.2) is 41.4 Å². The molecule has 2 aromatic rings. The highest BCUT2D eigenvalue weighted by Crippen LogP contribution is 2.37. The van der Waals surface area contributed by atoms with Crippen molar-refractivity contribution in [1.29, 1.82) is 0 Å². The van der Waals surface area contributed by atoms with Crippen molar-refractivity contribution < 1.29 is 9.53 Å². The molecule has 3 rings (SSSR count). The highest BCUT2D eigenvalue weighted by molar-refractivity contribution is 8.01. The third-order valence-electron chi connectivity index (χ3n) is 3.77. The maximum atomic E-state index is 12.4. The number of hydrogen-bond donors (Lipinski definition) is 1. The zero-order valence-electron chi connectivity index (χ0n) is 13.3. The van der Waals surface area contributed by atoms with E-state index in [1.54, 1.807) is 18.0 Å². The van der Waals surface area contributed by atoms with Crippen molar-refractivity contribution in [3.05, 3.63) is 53.2 Å². The van der Waals surface area contributed by atoms with Crippen molar-refractivity contribution in [3.63, 3.8) is 0 Å². The molecule has 0 fully saturated rings. The minimum Gasteiger partial charge on any atom is -0.478 e. The second-order valence-electron chi connectivity index (χ2n) is 5.54. The molecule has 1 unspecified atom stereocenters. The predicted molar refractivity (Wildman–Crippen MR) is 91.8 cm³/mol. The first-order valence-corrected chi connectivity index (χ1v) is 8.66. The normalized spacial score (nSPS) is 16.0. The lowest BCUT2D eigenvalue weighted by Gasteiger charge is -2.12. The van der Waals surface area contributed by atoms with Crippen molar-refractivity contribution in [2.45, 2.75) is 37.0 Å². The van der Waals surface area contributed by atoms with E-state index in [-0.39, 0.29) is 11.2 Å². The molecule has 0 spiro atoms. The summed E-state index contributed by atoms with van der Waals surface area (Å²) in [6.07, 6.45) is 2.49. The Balaban J connectivity index is 1.61. The van der Waals surface area contributed by atoms with Crippen molar-refractivity contribution in [1.82, 2.24) is 10.3 Å². The summed E-state index contributed by atoms with van der Waals surface area (Å²) in [4.78, 5) is 17.9.